The Labute approximate surface area is 120 Å². The van der Waals surface area contributed by atoms with Gasteiger partial charge in [0.15, 0.2) is 5.78 Å². The highest BCUT2D eigenvalue weighted by atomic mass is 16.5. The maximum atomic E-state index is 12.6. The molecule has 0 aliphatic carbocycles. The van der Waals surface area contributed by atoms with Gasteiger partial charge in [0.25, 0.3) is 0 Å². The number of rotatable bonds is 3. The molecule has 104 valence electrons. The van der Waals surface area contributed by atoms with Crippen LogP contribution >= 0.6 is 0 Å². The third-order valence-corrected chi connectivity index (χ3v) is 3.74. The van der Waals surface area contributed by atoms with Crippen LogP contribution in [0.15, 0.2) is 30.3 Å². The number of aryl methyl sites for hydroxylation is 4. The molecule has 0 amide bonds. The molecule has 0 saturated heterocycles. The van der Waals surface area contributed by atoms with E-state index in [1.165, 1.54) is 5.56 Å². The van der Waals surface area contributed by atoms with Gasteiger partial charge < -0.3 is 4.74 Å². The van der Waals surface area contributed by atoms with Gasteiger partial charge in [-0.15, -0.1) is 0 Å². The molecular weight excluding hydrogens is 248 g/mol. The van der Waals surface area contributed by atoms with Gasteiger partial charge in [0, 0.05) is 11.1 Å². The highest BCUT2D eigenvalue weighted by Crippen LogP contribution is 2.23. The van der Waals surface area contributed by atoms with E-state index >= 15 is 0 Å². The number of ether oxygens (including phenoxy) is 1. The molecule has 2 nitrogen and oxygen atoms in total. The standard InChI is InChI=1S/C18H20O2/c1-11-8-13(3)16(10-12(11)2)18(19)15-6-7-17(20-5)14(4)9-15/h6-10H,1-5H3. The third kappa shape index (κ3) is 2.60. The zero-order valence-electron chi connectivity index (χ0n) is 12.7. The van der Waals surface area contributed by atoms with Crippen LogP contribution in [-0.2, 0) is 0 Å². The number of carbonyl (C=O) groups is 1. The van der Waals surface area contributed by atoms with Gasteiger partial charge in [-0.25, -0.2) is 0 Å². The van der Waals surface area contributed by atoms with Gasteiger partial charge in [0.1, 0.15) is 5.75 Å². The summed E-state index contributed by atoms with van der Waals surface area (Å²) in [7, 11) is 1.64. The molecule has 0 bridgehead atoms. The second kappa shape index (κ2) is 5.49. The number of ketones is 1. The van der Waals surface area contributed by atoms with Crippen LogP contribution in [0.1, 0.15) is 38.2 Å². The molecule has 0 heterocycles. The molecule has 2 aromatic rings. The Morgan fingerprint density at radius 1 is 0.850 bits per heavy atom. The molecule has 0 fully saturated rings. The lowest BCUT2D eigenvalue weighted by Gasteiger charge is -2.11. The molecule has 2 rings (SSSR count). The van der Waals surface area contributed by atoms with E-state index in [0.29, 0.717) is 5.56 Å². The molecule has 0 aliphatic heterocycles. The SMILES string of the molecule is COc1ccc(C(=O)c2cc(C)c(C)cc2C)cc1C. The second-order valence-electron chi connectivity index (χ2n) is 5.26. The van der Waals surface area contributed by atoms with Crippen LogP contribution in [-0.4, -0.2) is 12.9 Å². The van der Waals surface area contributed by atoms with Crippen LogP contribution in [0.5, 0.6) is 5.75 Å². The molecule has 2 heteroatoms. The summed E-state index contributed by atoms with van der Waals surface area (Å²) in [6, 6.07) is 9.60. The first kappa shape index (κ1) is 14.3. The minimum atomic E-state index is 0.0661. The first-order chi connectivity index (χ1) is 9.43. The molecule has 0 atom stereocenters. The maximum Gasteiger partial charge on any atom is 0.193 e. The van der Waals surface area contributed by atoms with Crippen molar-refractivity contribution in [3.8, 4) is 5.75 Å². The van der Waals surface area contributed by atoms with Gasteiger partial charge >= 0.3 is 0 Å². The van der Waals surface area contributed by atoms with Crippen molar-refractivity contribution < 1.29 is 9.53 Å². The summed E-state index contributed by atoms with van der Waals surface area (Å²) < 4.78 is 5.23. The average Bonchev–Trinajstić information content (AvgIpc) is 2.42. The molecular formula is C18H20O2. The normalized spacial score (nSPS) is 10.4. The van der Waals surface area contributed by atoms with Crippen LogP contribution in [0.4, 0.5) is 0 Å². The summed E-state index contributed by atoms with van der Waals surface area (Å²) in [5.41, 5.74) is 5.83. The van der Waals surface area contributed by atoms with Crippen molar-refractivity contribution in [3.05, 3.63) is 63.7 Å². The molecule has 0 unspecified atom stereocenters. The molecule has 0 spiro atoms. The summed E-state index contributed by atoms with van der Waals surface area (Å²) in [5.74, 6) is 0.870. The second-order valence-corrected chi connectivity index (χ2v) is 5.26. The smallest absolute Gasteiger partial charge is 0.193 e. The summed E-state index contributed by atoms with van der Waals surface area (Å²) in [5, 5.41) is 0. The highest BCUT2D eigenvalue weighted by Gasteiger charge is 2.14. The van der Waals surface area contributed by atoms with Crippen LogP contribution in [0.2, 0.25) is 0 Å². The Bertz CT molecular complexity index is 669. The Hall–Kier alpha value is -2.09. The van der Waals surface area contributed by atoms with Crippen molar-refractivity contribution in [2.45, 2.75) is 27.7 Å². The van der Waals surface area contributed by atoms with Gasteiger partial charge in [-0.3, -0.25) is 4.79 Å². The quantitative estimate of drug-likeness (QED) is 0.781. The highest BCUT2D eigenvalue weighted by molar-refractivity contribution is 6.10. The third-order valence-electron chi connectivity index (χ3n) is 3.74. The summed E-state index contributed by atoms with van der Waals surface area (Å²) in [4.78, 5) is 12.6. The van der Waals surface area contributed by atoms with E-state index in [1.54, 1.807) is 7.11 Å². The Morgan fingerprint density at radius 3 is 2.10 bits per heavy atom. The predicted octanol–water partition coefficient (Wildman–Crippen LogP) is 4.16. The van der Waals surface area contributed by atoms with Crippen molar-refractivity contribution in [1.82, 2.24) is 0 Å². The van der Waals surface area contributed by atoms with Gasteiger partial charge in [-0.2, -0.15) is 0 Å². The lowest BCUT2D eigenvalue weighted by Crippen LogP contribution is -2.05. The van der Waals surface area contributed by atoms with E-state index in [0.717, 1.165) is 28.0 Å². The van der Waals surface area contributed by atoms with Crippen LogP contribution in [0, 0.1) is 27.7 Å². The van der Waals surface area contributed by atoms with Crippen molar-refractivity contribution in [2.75, 3.05) is 7.11 Å². The van der Waals surface area contributed by atoms with Crippen molar-refractivity contribution >= 4 is 5.78 Å². The number of hydrogen-bond acceptors (Lipinski definition) is 2. The lowest BCUT2D eigenvalue weighted by atomic mass is 9.94. The first-order valence-corrected chi connectivity index (χ1v) is 6.71. The fourth-order valence-electron chi connectivity index (χ4n) is 2.38. The maximum absolute atomic E-state index is 12.6. The van der Waals surface area contributed by atoms with E-state index in [9.17, 15) is 4.79 Å². The molecule has 20 heavy (non-hydrogen) atoms. The van der Waals surface area contributed by atoms with E-state index in [2.05, 4.69) is 13.0 Å². The monoisotopic (exact) mass is 268 g/mol. The molecule has 2 aromatic carbocycles. The minimum Gasteiger partial charge on any atom is -0.496 e. The zero-order chi connectivity index (χ0) is 14.9. The molecule has 0 aromatic heterocycles. The van der Waals surface area contributed by atoms with Gasteiger partial charge in [0.05, 0.1) is 7.11 Å². The molecule has 0 N–H and O–H groups in total. The summed E-state index contributed by atoms with van der Waals surface area (Å²) >= 11 is 0. The van der Waals surface area contributed by atoms with Crippen LogP contribution < -0.4 is 4.74 Å². The van der Waals surface area contributed by atoms with E-state index in [1.807, 2.05) is 45.0 Å². The minimum absolute atomic E-state index is 0.0661. The molecule has 0 saturated carbocycles. The van der Waals surface area contributed by atoms with Gasteiger partial charge in [-0.1, -0.05) is 6.07 Å². The molecule has 0 radical (unpaired) electrons. The topological polar surface area (TPSA) is 26.3 Å². The Balaban J connectivity index is 2.46. The van der Waals surface area contributed by atoms with Crippen molar-refractivity contribution in [1.29, 1.82) is 0 Å². The molecule has 0 aliphatic rings. The number of carbonyl (C=O) groups excluding carboxylic acids is 1. The first-order valence-electron chi connectivity index (χ1n) is 6.71. The number of benzene rings is 2. The summed E-state index contributed by atoms with van der Waals surface area (Å²) in [6.07, 6.45) is 0. The summed E-state index contributed by atoms with van der Waals surface area (Å²) in [6.45, 7) is 8.03. The van der Waals surface area contributed by atoms with Crippen LogP contribution in [0.3, 0.4) is 0 Å². The average molecular weight is 268 g/mol. The van der Waals surface area contributed by atoms with Crippen molar-refractivity contribution in [2.24, 2.45) is 0 Å². The Morgan fingerprint density at radius 2 is 1.50 bits per heavy atom. The van der Waals surface area contributed by atoms with Gasteiger partial charge in [0.2, 0.25) is 0 Å². The zero-order valence-corrected chi connectivity index (χ0v) is 12.7. The Kier molecular flexibility index (Phi) is 3.93. The van der Waals surface area contributed by atoms with E-state index < -0.39 is 0 Å². The fourth-order valence-corrected chi connectivity index (χ4v) is 2.38. The van der Waals surface area contributed by atoms with Crippen LogP contribution in [0.25, 0.3) is 0 Å². The largest absolute Gasteiger partial charge is 0.496 e. The fraction of sp³-hybridized carbons (Fsp3) is 0.278. The van der Waals surface area contributed by atoms with E-state index in [4.69, 9.17) is 4.74 Å². The van der Waals surface area contributed by atoms with E-state index in [-0.39, 0.29) is 5.78 Å². The predicted molar refractivity (Wildman–Crippen MR) is 81.8 cm³/mol. The van der Waals surface area contributed by atoms with Crippen molar-refractivity contribution in [3.63, 3.8) is 0 Å². The number of methoxy groups -OCH3 is 1. The van der Waals surface area contributed by atoms with Gasteiger partial charge in [-0.05, 0) is 74.2 Å². The number of hydrogen-bond donors (Lipinski definition) is 0. The lowest BCUT2D eigenvalue weighted by molar-refractivity contribution is 0.103.